The van der Waals surface area contributed by atoms with E-state index in [0.29, 0.717) is 21.3 Å². The van der Waals surface area contributed by atoms with Gasteiger partial charge in [0.05, 0.1) is 20.9 Å². The summed E-state index contributed by atoms with van der Waals surface area (Å²) in [4.78, 5) is 4.39. The van der Waals surface area contributed by atoms with Crippen molar-refractivity contribution in [2.24, 2.45) is 0 Å². The molecular formula is C15H10BrClF2N2. The van der Waals surface area contributed by atoms with E-state index in [1.165, 1.54) is 18.2 Å². The van der Waals surface area contributed by atoms with Gasteiger partial charge in [-0.1, -0.05) is 0 Å². The molecule has 0 fully saturated rings. The lowest BCUT2D eigenvalue weighted by molar-refractivity contribution is 0.623. The molecule has 108 valence electrons. The molecule has 3 aromatic rings. The van der Waals surface area contributed by atoms with Crippen molar-refractivity contribution >= 4 is 38.6 Å². The Hall–Kier alpha value is -1.46. The lowest BCUT2D eigenvalue weighted by atomic mass is 10.2. The highest BCUT2D eigenvalue weighted by Crippen LogP contribution is 2.31. The normalized spacial score (nSPS) is 12.8. The lowest BCUT2D eigenvalue weighted by Gasteiger charge is -2.10. The third-order valence-electron chi connectivity index (χ3n) is 3.16. The number of halogens is 4. The van der Waals surface area contributed by atoms with E-state index in [4.69, 9.17) is 11.6 Å². The zero-order chi connectivity index (χ0) is 15.1. The summed E-state index contributed by atoms with van der Waals surface area (Å²) in [5.41, 5.74) is 1.93. The van der Waals surface area contributed by atoms with E-state index in [0.717, 1.165) is 5.69 Å². The fourth-order valence-corrected chi connectivity index (χ4v) is 2.70. The Morgan fingerprint density at radius 2 is 1.86 bits per heavy atom. The highest BCUT2D eigenvalue weighted by molar-refractivity contribution is 9.10. The van der Waals surface area contributed by atoms with Crippen molar-refractivity contribution in [1.82, 2.24) is 9.55 Å². The molecule has 0 aliphatic heterocycles. The molecule has 2 nitrogen and oxygen atoms in total. The Balaban J connectivity index is 2.35. The van der Waals surface area contributed by atoms with Crippen LogP contribution in [0.1, 0.15) is 18.1 Å². The quantitative estimate of drug-likeness (QED) is 0.554. The van der Waals surface area contributed by atoms with E-state index in [1.54, 1.807) is 29.7 Å². The second kappa shape index (κ2) is 5.39. The molecule has 0 radical (unpaired) electrons. The van der Waals surface area contributed by atoms with Crippen LogP contribution < -0.4 is 0 Å². The summed E-state index contributed by atoms with van der Waals surface area (Å²) in [6.07, 6.45) is 0. The molecule has 1 atom stereocenters. The van der Waals surface area contributed by atoms with Gasteiger partial charge in [0.15, 0.2) is 0 Å². The number of rotatable bonds is 2. The van der Waals surface area contributed by atoms with E-state index < -0.39 is 0 Å². The molecule has 1 unspecified atom stereocenters. The van der Waals surface area contributed by atoms with Crippen molar-refractivity contribution in [3.05, 3.63) is 58.3 Å². The fraction of sp³-hybridized carbons (Fsp3) is 0.133. The zero-order valence-electron chi connectivity index (χ0n) is 10.9. The minimum absolute atomic E-state index is 0.323. The SMILES string of the molecule is CC(Cl)c1nc2cc(F)c(Br)cc2n1-c1ccc(F)cc1. The predicted molar refractivity (Wildman–Crippen MR) is 83.0 cm³/mol. The second-order valence-electron chi connectivity index (χ2n) is 4.65. The van der Waals surface area contributed by atoms with Crippen LogP contribution in [0.25, 0.3) is 16.7 Å². The maximum atomic E-state index is 13.7. The molecule has 0 bridgehead atoms. The molecule has 1 heterocycles. The van der Waals surface area contributed by atoms with Crippen LogP contribution in [-0.2, 0) is 0 Å². The van der Waals surface area contributed by atoms with E-state index in [-0.39, 0.29) is 17.0 Å². The molecule has 21 heavy (non-hydrogen) atoms. The van der Waals surface area contributed by atoms with E-state index in [9.17, 15) is 8.78 Å². The summed E-state index contributed by atoms with van der Waals surface area (Å²) in [6.45, 7) is 1.79. The number of fused-ring (bicyclic) bond motifs is 1. The van der Waals surface area contributed by atoms with Crippen molar-refractivity contribution in [3.63, 3.8) is 0 Å². The Morgan fingerprint density at radius 1 is 1.19 bits per heavy atom. The first-order valence-corrected chi connectivity index (χ1v) is 7.47. The van der Waals surface area contributed by atoms with Crippen LogP contribution in [0, 0.1) is 11.6 Å². The first-order chi connectivity index (χ1) is 9.97. The molecule has 0 N–H and O–H groups in total. The topological polar surface area (TPSA) is 17.8 Å². The molecule has 0 aliphatic rings. The summed E-state index contributed by atoms with van der Waals surface area (Å²) in [5.74, 6) is -0.133. The Morgan fingerprint density at radius 3 is 2.48 bits per heavy atom. The number of hydrogen-bond acceptors (Lipinski definition) is 1. The predicted octanol–water partition coefficient (Wildman–Crippen LogP) is 5.37. The molecule has 1 aromatic heterocycles. The summed E-state index contributed by atoms with van der Waals surface area (Å²) < 4.78 is 28.9. The standard InChI is InChI=1S/C15H10BrClF2N2/c1-8(17)15-20-13-7-12(19)11(16)6-14(13)21(15)10-4-2-9(18)3-5-10/h2-8H,1H3. The largest absolute Gasteiger partial charge is 0.295 e. The molecule has 0 aliphatic carbocycles. The van der Waals surface area contributed by atoms with Crippen LogP contribution in [0.15, 0.2) is 40.9 Å². The first kappa shape index (κ1) is 14.5. The first-order valence-electron chi connectivity index (χ1n) is 6.25. The minimum atomic E-state index is -0.389. The van der Waals surface area contributed by atoms with Gasteiger partial charge >= 0.3 is 0 Å². The Bertz CT molecular complexity index is 813. The number of alkyl halides is 1. The average Bonchev–Trinajstić information content (AvgIpc) is 2.79. The minimum Gasteiger partial charge on any atom is -0.295 e. The van der Waals surface area contributed by atoms with Crippen LogP contribution in [0.5, 0.6) is 0 Å². The van der Waals surface area contributed by atoms with Gasteiger partial charge in [-0.05, 0) is 53.2 Å². The molecule has 0 saturated heterocycles. The maximum Gasteiger partial charge on any atom is 0.139 e. The average molecular weight is 372 g/mol. The van der Waals surface area contributed by atoms with Crippen LogP contribution in [0.3, 0.4) is 0 Å². The highest BCUT2D eigenvalue weighted by Gasteiger charge is 2.18. The third kappa shape index (κ3) is 2.56. The van der Waals surface area contributed by atoms with Crippen molar-refractivity contribution in [2.75, 3.05) is 0 Å². The van der Waals surface area contributed by atoms with Crippen LogP contribution in [0.4, 0.5) is 8.78 Å². The van der Waals surface area contributed by atoms with Crippen molar-refractivity contribution < 1.29 is 8.78 Å². The molecular weight excluding hydrogens is 362 g/mol. The molecule has 2 aromatic carbocycles. The van der Waals surface area contributed by atoms with Gasteiger partial charge in [-0.15, -0.1) is 11.6 Å². The van der Waals surface area contributed by atoms with Gasteiger partial charge in [0.2, 0.25) is 0 Å². The Labute approximate surface area is 133 Å². The molecule has 0 saturated carbocycles. The maximum absolute atomic E-state index is 13.7. The number of benzene rings is 2. The number of aromatic nitrogens is 2. The van der Waals surface area contributed by atoms with Crippen molar-refractivity contribution in [3.8, 4) is 5.69 Å². The molecule has 6 heteroatoms. The van der Waals surface area contributed by atoms with Gasteiger partial charge in [0, 0.05) is 11.8 Å². The van der Waals surface area contributed by atoms with Gasteiger partial charge in [0.25, 0.3) is 0 Å². The highest BCUT2D eigenvalue weighted by atomic mass is 79.9. The molecule has 0 amide bonds. The van der Waals surface area contributed by atoms with Crippen molar-refractivity contribution in [1.29, 1.82) is 0 Å². The monoisotopic (exact) mass is 370 g/mol. The van der Waals surface area contributed by atoms with Gasteiger partial charge in [-0.3, -0.25) is 4.57 Å². The van der Waals surface area contributed by atoms with Gasteiger partial charge in [0.1, 0.15) is 17.5 Å². The van der Waals surface area contributed by atoms with E-state index in [1.807, 2.05) is 0 Å². The van der Waals surface area contributed by atoms with Crippen LogP contribution in [0.2, 0.25) is 0 Å². The number of nitrogens with zero attached hydrogens (tertiary/aromatic N) is 2. The zero-order valence-corrected chi connectivity index (χ0v) is 13.3. The lowest BCUT2D eigenvalue weighted by Crippen LogP contribution is -2.02. The third-order valence-corrected chi connectivity index (χ3v) is 3.97. The van der Waals surface area contributed by atoms with Gasteiger partial charge < -0.3 is 0 Å². The summed E-state index contributed by atoms with van der Waals surface area (Å²) in [7, 11) is 0. The van der Waals surface area contributed by atoms with E-state index >= 15 is 0 Å². The molecule has 3 rings (SSSR count). The molecule has 0 spiro atoms. The van der Waals surface area contributed by atoms with Gasteiger partial charge in [-0.2, -0.15) is 0 Å². The van der Waals surface area contributed by atoms with Gasteiger partial charge in [-0.25, -0.2) is 13.8 Å². The van der Waals surface area contributed by atoms with Crippen LogP contribution in [-0.4, -0.2) is 9.55 Å². The summed E-state index contributed by atoms with van der Waals surface area (Å²) in [5, 5.41) is -0.371. The number of imidazole rings is 1. The second-order valence-corrected chi connectivity index (χ2v) is 6.16. The van der Waals surface area contributed by atoms with Crippen molar-refractivity contribution in [2.45, 2.75) is 12.3 Å². The Kier molecular flexibility index (Phi) is 3.71. The fourth-order valence-electron chi connectivity index (χ4n) is 2.22. The summed E-state index contributed by atoms with van der Waals surface area (Å²) >= 11 is 9.35. The summed E-state index contributed by atoms with van der Waals surface area (Å²) in [6, 6.07) is 8.99. The van der Waals surface area contributed by atoms with Crippen LogP contribution >= 0.6 is 27.5 Å². The van der Waals surface area contributed by atoms with E-state index in [2.05, 4.69) is 20.9 Å². The smallest absolute Gasteiger partial charge is 0.139 e. The number of hydrogen-bond donors (Lipinski definition) is 0.